The summed E-state index contributed by atoms with van der Waals surface area (Å²) in [7, 11) is 2.32. The predicted octanol–water partition coefficient (Wildman–Crippen LogP) is 2.26. The first kappa shape index (κ1) is 14.3. The first-order valence-corrected chi connectivity index (χ1v) is 7.71. The Morgan fingerprint density at radius 2 is 2.11 bits per heavy atom. The zero-order valence-electron chi connectivity index (χ0n) is 12.3. The normalized spacial score (nSPS) is 35.7. The largest absolute Gasteiger partial charge is 0.379 e. The molecular weight excluding hydrogens is 224 g/mol. The topological polar surface area (TPSA) is 24.5 Å². The highest BCUT2D eigenvalue weighted by molar-refractivity contribution is 4.84. The van der Waals surface area contributed by atoms with Crippen LogP contribution in [0.1, 0.15) is 46.0 Å². The maximum atomic E-state index is 5.55. The second kappa shape index (κ2) is 6.88. The smallest absolute Gasteiger partial charge is 0.0620 e. The monoisotopic (exact) mass is 254 g/mol. The van der Waals surface area contributed by atoms with Crippen LogP contribution < -0.4 is 5.32 Å². The third-order valence-corrected chi connectivity index (χ3v) is 4.91. The molecule has 1 aliphatic heterocycles. The molecule has 0 aromatic heterocycles. The second-order valence-electron chi connectivity index (χ2n) is 6.31. The van der Waals surface area contributed by atoms with Crippen LogP contribution in [0, 0.1) is 5.92 Å². The maximum Gasteiger partial charge on any atom is 0.0620 e. The van der Waals surface area contributed by atoms with Crippen molar-refractivity contribution in [2.45, 2.75) is 64.1 Å². The van der Waals surface area contributed by atoms with E-state index in [9.17, 15) is 0 Å². The molecule has 1 aliphatic carbocycles. The molecule has 3 heteroatoms. The Labute approximate surface area is 112 Å². The molecule has 4 atom stereocenters. The van der Waals surface area contributed by atoms with Gasteiger partial charge in [0.05, 0.1) is 13.2 Å². The van der Waals surface area contributed by atoms with Gasteiger partial charge in [0.25, 0.3) is 0 Å². The summed E-state index contributed by atoms with van der Waals surface area (Å²) in [4.78, 5) is 2.63. The van der Waals surface area contributed by atoms with Crippen molar-refractivity contribution < 1.29 is 4.74 Å². The van der Waals surface area contributed by atoms with Crippen LogP contribution in [0.5, 0.6) is 0 Å². The van der Waals surface area contributed by atoms with Gasteiger partial charge in [-0.3, -0.25) is 0 Å². The third-order valence-electron chi connectivity index (χ3n) is 4.91. The van der Waals surface area contributed by atoms with Crippen LogP contribution in [0.4, 0.5) is 0 Å². The first-order valence-electron chi connectivity index (χ1n) is 7.71. The molecule has 106 valence electrons. The summed E-state index contributed by atoms with van der Waals surface area (Å²) in [6.07, 6.45) is 6.84. The summed E-state index contributed by atoms with van der Waals surface area (Å²) in [5.74, 6) is 0.863. The van der Waals surface area contributed by atoms with E-state index in [0.29, 0.717) is 12.1 Å². The van der Waals surface area contributed by atoms with Crippen LogP contribution in [-0.4, -0.2) is 49.8 Å². The van der Waals surface area contributed by atoms with E-state index in [0.717, 1.165) is 31.7 Å². The van der Waals surface area contributed by atoms with E-state index < -0.39 is 0 Å². The lowest BCUT2D eigenvalue weighted by Crippen LogP contribution is -2.49. The number of morpholine rings is 1. The van der Waals surface area contributed by atoms with E-state index in [2.05, 4.69) is 31.1 Å². The lowest BCUT2D eigenvalue weighted by atomic mass is 9.84. The maximum absolute atomic E-state index is 5.55. The Kier molecular flexibility index (Phi) is 5.46. The molecule has 4 unspecified atom stereocenters. The highest BCUT2D eigenvalue weighted by atomic mass is 16.5. The molecule has 1 saturated carbocycles. The molecule has 0 aromatic rings. The molecule has 1 heterocycles. The quantitative estimate of drug-likeness (QED) is 0.833. The van der Waals surface area contributed by atoms with E-state index in [4.69, 9.17) is 4.74 Å². The minimum Gasteiger partial charge on any atom is -0.379 e. The number of hydrogen-bond donors (Lipinski definition) is 1. The molecular formula is C15H30N2O. The summed E-state index contributed by atoms with van der Waals surface area (Å²) in [6.45, 7) is 7.58. The van der Waals surface area contributed by atoms with E-state index in [-0.39, 0.29) is 0 Å². The lowest BCUT2D eigenvalue weighted by Gasteiger charge is -2.41. The highest BCUT2D eigenvalue weighted by Crippen LogP contribution is 2.29. The minimum atomic E-state index is 0.551. The summed E-state index contributed by atoms with van der Waals surface area (Å²) in [5.41, 5.74) is 0. The fourth-order valence-corrected chi connectivity index (χ4v) is 3.58. The number of hydrogen-bond acceptors (Lipinski definition) is 3. The molecule has 0 aromatic carbocycles. The Bertz CT molecular complexity index is 241. The molecule has 1 N–H and O–H groups in total. The van der Waals surface area contributed by atoms with Gasteiger partial charge in [0, 0.05) is 24.7 Å². The number of nitrogens with one attached hydrogen (secondary N) is 1. The van der Waals surface area contributed by atoms with Gasteiger partial charge in [-0.1, -0.05) is 19.8 Å². The van der Waals surface area contributed by atoms with Crippen molar-refractivity contribution in [1.29, 1.82) is 0 Å². The van der Waals surface area contributed by atoms with Crippen molar-refractivity contribution in [3.05, 3.63) is 0 Å². The Balaban J connectivity index is 1.81. The zero-order valence-corrected chi connectivity index (χ0v) is 12.3. The SMILES string of the molecule is CC1CCCCC1N(C)C(C)CC1COCCN1. The predicted molar refractivity (Wildman–Crippen MR) is 75.9 cm³/mol. The Hall–Kier alpha value is -0.120. The molecule has 0 bridgehead atoms. The molecule has 0 radical (unpaired) electrons. The summed E-state index contributed by atoms with van der Waals surface area (Å²) < 4.78 is 5.55. The zero-order chi connectivity index (χ0) is 13.0. The van der Waals surface area contributed by atoms with Crippen LogP contribution in [-0.2, 0) is 4.74 Å². The van der Waals surface area contributed by atoms with Gasteiger partial charge in [0.1, 0.15) is 0 Å². The van der Waals surface area contributed by atoms with E-state index >= 15 is 0 Å². The van der Waals surface area contributed by atoms with Crippen LogP contribution in [0.3, 0.4) is 0 Å². The molecule has 2 aliphatic rings. The van der Waals surface area contributed by atoms with Crippen molar-refractivity contribution in [1.82, 2.24) is 10.2 Å². The van der Waals surface area contributed by atoms with Gasteiger partial charge in [-0.2, -0.15) is 0 Å². The standard InChI is InChI=1S/C15H30N2O/c1-12-6-4-5-7-15(12)17(3)13(2)10-14-11-18-9-8-16-14/h12-16H,4-11H2,1-3H3. The first-order chi connectivity index (χ1) is 8.68. The molecule has 2 fully saturated rings. The lowest BCUT2D eigenvalue weighted by molar-refractivity contribution is 0.0495. The van der Waals surface area contributed by atoms with Crippen LogP contribution in [0.25, 0.3) is 0 Å². The van der Waals surface area contributed by atoms with Gasteiger partial charge < -0.3 is 15.0 Å². The van der Waals surface area contributed by atoms with E-state index in [1.807, 2.05) is 0 Å². The molecule has 0 amide bonds. The summed E-state index contributed by atoms with van der Waals surface area (Å²) >= 11 is 0. The van der Waals surface area contributed by atoms with Crippen molar-refractivity contribution in [3.8, 4) is 0 Å². The van der Waals surface area contributed by atoms with Gasteiger partial charge in [-0.15, -0.1) is 0 Å². The molecule has 3 nitrogen and oxygen atoms in total. The van der Waals surface area contributed by atoms with E-state index in [1.54, 1.807) is 0 Å². The fourth-order valence-electron chi connectivity index (χ4n) is 3.58. The number of nitrogens with zero attached hydrogens (tertiary/aromatic N) is 1. The van der Waals surface area contributed by atoms with E-state index in [1.165, 1.54) is 32.1 Å². The highest BCUT2D eigenvalue weighted by Gasteiger charge is 2.28. The molecule has 0 spiro atoms. The van der Waals surface area contributed by atoms with Crippen molar-refractivity contribution in [2.75, 3.05) is 26.8 Å². The van der Waals surface area contributed by atoms with Gasteiger partial charge in [-0.05, 0) is 39.2 Å². The number of ether oxygens (including phenoxy) is 1. The average molecular weight is 254 g/mol. The minimum absolute atomic E-state index is 0.551. The Morgan fingerprint density at radius 1 is 1.33 bits per heavy atom. The number of rotatable bonds is 4. The fraction of sp³-hybridized carbons (Fsp3) is 1.00. The second-order valence-corrected chi connectivity index (χ2v) is 6.31. The van der Waals surface area contributed by atoms with Crippen LogP contribution >= 0.6 is 0 Å². The summed E-state index contributed by atoms with van der Waals surface area (Å²) in [6, 6.07) is 1.99. The van der Waals surface area contributed by atoms with Gasteiger partial charge in [0.15, 0.2) is 0 Å². The van der Waals surface area contributed by atoms with Crippen molar-refractivity contribution in [3.63, 3.8) is 0 Å². The third kappa shape index (κ3) is 3.69. The average Bonchev–Trinajstić information content (AvgIpc) is 2.39. The Morgan fingerprint density at radius 3 is 2.78 bits per heavy atom. The van der Waals surface area contributed by atoms with Crippen molar-refractivity contribution >= 4 is 0 Å². The molecule has 1 saturated heterocycles. The van der Waals surface area contributed by atoms with Gasteiger partial charge >= 0.3 is 0 Å². The molecule has 18 heavy (non-hydrogen) atoms. The molecule has 2 rings (SSSR count). The van der Waals surface area contributed by atoms with Crippen LogP contribution in [0.2, 0.25) is 0 Å². The van der Waals surface area contributed by atoms with Crippen molar-refractivity contribution in [2.24, 2.45) is 5.92 Å². The van der Waals surface area contributed by atoms with Crippen LogP contribution in [0.15, 0.2) is 0 Å². The summed E-state index contributed by atoms with van der Waals surface area (Å²) in [5, 5.41) is 3.57. The van der Waals surface area contributed by atoms with Gasteiger partial charge in [-0.25, -0.2) is 0 Å². The van der Waals surface area contributed by atoms with Gasteiger partial charge in [0.2, 0.25) is 0 Å².